The summed E-state index contributed by atoms with van der Waals surface area (Å²) in [6.07, 6.45) is 1.11. The van der Waals surface area contributed by atoms with E-state index in [1.807, 2.05) is 0 Å². The first-order valence-electron chi connectivity index (χ1n) is 13.7. The zero-order valence-corrected chi connectivity index (χ0v) is 26.7. The summed E-state index contributed by atoms with van der Waals surface area (Å²) in [4.78, 5) is 46.0. The lowest BCUT2D eigenvalue weighted by Crippen LogP contribution is -2.30. The maximum Gasteiger partial charge on any atom is 0.280 e. The van der Waals surface area contributed by atoms with E-state index in [2.05, 4.69) is 25.3 Å². The van der Waals surface area contributed by atoms with Crippen molar-refractivity contribution >= 4 is 45.2 Å². The first-order chi connectivity index (χ1) is 22.3. The normalized spacial score (nSPS) is 11.3. The molecule has 0 unspecified atom stereocenters. The Morgan fingerprint density at radius 3 is 2.00 bits per heavy atom. The van der Waals surface area contributed by atoms with Crippen molar-refractivity contribution < 1.29 is 37.1 Å². The number of benzene rings is 3. The molecule has 1 heterocycles. The van der Waals surface area contributed by atoms with Gasteiger partial charge in [0.2, 0.25) is 5.95 Å². The maximum atomic E-state index is 13.5. The third-order valence-electron chi connectivity index (χ3n) is 6.50. The summed E-state index contributed by atoms with van der Waals surface area (Å²) in [6, 6.07) is 15.3. The van der Waals surface area contributed by atoms with Crippen molar-refractivity contribution in [2.24, 2.45) is 0 Å². The van der Waals surface area contributed by atoms with Crippen LogP contribution in [0.15, 0.2) is 77.3 Å². The number of rotatable bonds is 12. The zero-order chi connectivity index (χ0) is 34.3. The summed E-state index contributed by atoms with van der Waals surface area (Å²) >= 11 is 0. The highest BCUT2D eigenvalue weighted by Crippen LogP contribution is 2.35. The lowest BCUT2D eigenvalue weighted by atomic mass is 10.1. The number of methoxy groups -OCH3 is 3. The number of nitrogens with one attached hydrogen (secondary N) is 3. The zero-order valence-electron chi connectivity index (χ0n) is 25.9. The van der Waals surface area contributed by atoms with Gasteiger partial charge in [-0.3, -0.25) is 19.7 Å². The number of aryl methyl sites for hydroxylation is 2. The number of ether oxygens (including phenoxy) is 3. The summed E-state index contributed by atoms with van der Waals surface area (Å²) in [5.41, 5.74) is 0.607. The summed E-state index contributed by atoms with van der Waals surface area (Å²) < 4.78 is 43.7. The van der Waals surface area contributed by atoms with Crippen LogP contribution >= 0.6 is 0 Å². The lowest BCUT2D eigenvalue weighted by molar-refractivity contribution is -0.385. The van der Waals surface area contributed by atoms with Crippen LogP contribution in [0.5, 0.6) is 17.2 Å². The fourth-order valence-corrected chi connectivity index (χ4v) is 5.22. The Balaban J connectivity index is 1.66. The summed E-state index contributed by atoms with van der Waals surface area (Å²) in [7, 11) is 0.0417. The van der Waals surface area contributed by atoms with Gasteiger partial charge in [0, 0.05) is 22.6 Å². The standard InChI is InChI=1S/C31H30N6O9S/c1-18-14-19(2)33-31(32-18)36-47(42,43)24-12-8-22(9-13-24)34-30(39)25(35-29(38)20-6-10-23(44-3)11-7-20)15-21-16-27(45-4)28(46-5)17-26(21)37(40)41/h6-17H,1-5H3,(H,34,39)(H,35,38)(H,32,33,36). The maximum absolute atomic E-state index is 13.5. The molecule has 4 rings (SSSR count). The molecule has 47 heavy (non-hydrogen) atoms. The van der Waals surface area contributed by atoms with Gasteiger partial charge in [0.25, 0.3) is 27.5 Å². The molecular weight excluding hydrogens is 632 g/mol. The molecule has 3 N–H and O–H groups in total. The van der Waals surface area contributed by atoms with Crippen molar-refractivity contribution in [1.29, 1.82) is 0 Å². The molecule has 4 aromatic rings. The minimum Gasteiger partial charge on any atom is -0.497 e. The number of amides is 2. The SMILES string of the molecule is COc1ccc(C(=O)NC(=Cc2cc(OC)c(OC)cc2[N+](=O)[O-])C(=O)Nc2ccc(S(=O)(=O)Nc3nc(C)cc(C)n3)cc2)cc1. The number of nitro benzene ring substituents is 1. The van der Waals surface area contributed by atoms with E-state index in [1.165, 1.54) is 63.8 Å². The molecule has 0 saturated heterocycles. The molecular formula is C31H30N6O9S. The first-order valence-corrected chi connectivity index (χ1v) is 15.2. The van der Waals surface area contributed by atoms with Gasteiger partial charge in [0.15, 0.2) is 11.5 Å². The van der Waals surface area contributed by atoms with Crippen molar-refractivity contribution in [3.05, 3.63) is 105 Å². The minimum atomic E-state index is -4.08. The van der Waals surface area contributed by atoms with Crippen LogP contribution in [0.25, 0.3) is 6.08 Å². The van der Waals surface area contributed by atoms with Gasteiger partial charge in [0.1, 0.15) is 11.4 Å². The molecule has 3 aromatic carbocycles. The fourth-order valence-electron chi connectivity index (χ4n) is 4.28. The molecule has 0 bridgehead atoms. The summed E-state index contributed by atoms with van der Waals surface area (Å²) in [6.45, 7) is 3.41. The van der Waals surface area contributed by atoms with Gasteiger partial charge >= 0.3 is 0 Å². The Morgan fingerprint density at radius 1 is 0.851 bits per heavy atom. The smallest absolute Gasteiger partial charge is 0.280 e. The second-order valence-corrected chi connectivity index (χ2v) is 11.5. The Bertz CT molecular complexity index is 1940. The number of aromatic nitrogens is 2. The Labute approximate surface area is 269 Å². The van der Waals surface area contributed by atoms with E-state index >= 15 is 0 Å². The van der Waals surface area contributed by atoms with Crippen molar-refractivity contribution in [1.82, 2.24) is 15.3 Å². The van der Waals surface area contributed by atoms with Crippen LogP contribution in [0.1, 0.15) is 27.3 Å². The summed E-state index contributed by atoms with van der Waals surface area (Å²) in [5.74, 6) is -0.934. The number of carbonyl (C=O) groups excluding carboxylic acids is 2. The molecule has 0 atom stereocenters. The van der Waals surface area contributed by atoms with Crippen LogP contribution in [-0.2, 0) is 14.8 Å². The van der Waals surface area contributed by atoms with E-state index in [0.29, 0.717) is 17.1 Å². The Morgan fingerprint density at radius 2 is 1.45 bits per heavy atom. The van der Waals surface area contributed by atoms with Crippen LogP contribution in [0, 0.1) is 24.0 Å². The van der Waals surface area contributed by atoms with Crippen LogP contribution < -0.4 is 29.6 Å². The number of sulfonamides is 1. The van der Waals surface area contributed by atoms with E-state index in [9.17, 15) is 28.1 Å². The van der Waals surface area contributed by atoms with Crippen LogP contribution in [-0.4, -0.2) is 56.5 Å². The monoisotopic (exact) mass is 662 g/mol. The highest BCUT2D eigenvalue weighted by molar-refractivity contribution is 7.92. The van der Waals surface area contributed by atoms with E-state index < -0.39 is 32.4 Å². The second-order valence-electron chi connectivity index (χ2n) is 9.82. The molecule has 0 fully saturated rings. The topological polar surface area (TPSA) is 201 Å². The van der Waals surface area contributed by atoms with Gasteiger partial charge in [-0.05, 0) is 80.6 Å². The van der Waals surface area contributed by atoms with Crippen molar-refractivity contribution in [2.45, 2.75) is 18.7 Å². The number of carbonyl (C=O) groups is 2. The molecule has 0 aliphatic heterocycles. The Kier molecular flexibility index (Phi) is 10.4. The van der Waals surface area contributed by atoms with Gasteiger partial charge in [-0.25, -0.2) is 23.1 Å². The minimum absolute atomic E-state index is 0.0750. The molecule has 15 nitrogen and oxygen atoms in total. The number of hydrogen-bond acceptors (Lipinski definition) is 11. The van der Waals surface area contributed by atoms with Gasteiger partial charge in [-0.2, -0.15) is 0 Å². The van der Waals surface area contributed by atoms with Gasteiger partial charge < -0.3 is 24.8 Å². The molecule has 0 spiro atoms. The highest BCUT2D eigenvalue weighted by Gasteiger charge is 2.23. The predicted molar refractivity (Wildman–Crippen MR) is 172 cm³/mol. The van der Waals surface area contributed by atoms with Crippen LogP contribution in [0.4, 0.5) is 17.3 Å². The largest absolute Gasteiger partial charge is 0.497 e. The number of nitrogens with zero attached hydrogens (tertiary/aromatic N) is 3. The third-order valence-corrected chi connectivity index (χ3v) is 7.85. The predicted octanol–water partition coefficient (Wildman–Crippen LogP) is 4.24. The van der Waals surface area contributed by atoms with E-state index in [4.69, 9.17) is 14.2 Å². The molecule has 0 aliphatic rings. The average Bonchev–Trinajstić information content (AvgIpc) is 3.03. The first kappa shape index (κ1) is 33.9. The number of hydrogen-bond donors (Lipinski definition) is 3. The number of anilines is 2. The fraction of sp³-hybridized carbons (Fsp3) is 0.161. The molecule has 0 radical (unpaired) electrons. The molecule has 0 saturated carbocycles. The Hall–Kier alpha value is -6.03. The van der Waals surface area contributed by atoms with Gasteiger partial charge in [0.05, 0.1) is 42.8 Å². The molecule has 0 aliphatic carbocycles. The highest BCUT2D eigenvalue weighted by atomic mass is 32.2. The van der Waals surface area contributed by atoms with E-state index in [-0.39, 0.29) is 44.9 Å². The number of nitro groups is 1. The average molecular weight is 663 g/mol. The molecule has 244 valence electrons. The van der Waals surface area contributed by atoms with Crippen molar-refractivity contribution in [2.75, 3.05) is 31.4 Å². The van der Waals surface area contributed by atoms with E-state index in [0.717, 1.165) is 12.1 Å². The van der Waals surface area contributed by atoms with E-state index in [1.54, 1.807) is 32.0 Å². The van der Waals surface area contributed by atoms with Gasteiger partial charge in [-0.1, -0.05) is 0 Å². The van der Waals surface area contributed by atoms with Gasteiger partial charge in [-0.15, -0.1) is 0 Å². The lowest BCUT2D eigenvalue weighted by Gasteiger charge is -2.13. The van der Waals surface area contributed by atoms with Crippen molar-refractivity contribution in [3.8, 4) is 17.2 Å². The van der Waals surface area contributed by atoms with Crippen molar-refractivity contribution in [3.63, 3.8) is 0 Å². The summed E-state index contributed by atoms with van der Waals surface area (Å²) in [5, 5.41) is 17.0. The molecule has 16 heteroatoms. The van der Waals surface area contributed by atoms with Crippen LogP contribution in [0.3, 0.4) is 0 Å². The molecule has 2 amide bonds. The van der Waals surface area contributed by atoms with Crippen LogP contribution in [0.2, 0.25) is 0 Å². The quantitative estimate of drug-likeness (QED) is 0.111. The third kappa shape index (κ3) is 8.37. The molecule has 1 aromatic heterocycles. The second kappa shape index (κ2) is 14.4.